The Labute approximate surface area is 133 Å². The van der Waals surface area contributed by atoms with Crippen LogP contribution >= 0.6 is 27.7 Å². The normalized spacial score (nSPS) is 11.0. The summed E-state index contributed by atoms with van der Waals surface area (Å²) >= 11 is 4.53. The third-order valence-electron chi connectivity index (χ3n) is 3.06. The van der Waals surface area contributed by atoms with Crippen LogP contribution in [0.5, 0.6) is 0 Å². The molecule has 3 nitrogen and oxygen atoms in total. The van der Waals surface area contributed by atoms with E-state index in [2.05, 4.69) is 25.9 Å². The maximum Gasteiger partial charge on any atom is 0.151 e. The van der Waals surface area contributed by atoms with Crippen molar-refractivity contribution in [2.75, 3.05) is 0 Å². The number of hydrogen-bond acceptors (Lipinski definition) is 4. The molecule has 0 aliphatic carbocycles. The Morgan fingerprint density at radius 3 is 2.76 bits per heavy atom. The van der Waals surface area contributed by atoms with Crippen molar-refractivity contribution in [1.82, 2.24) is 9.97 Å². The van der Waals surface area contributed by atoms with Crippen molar-refractivity contribution in [3.05, 3.63) is 58.6 Å². The van der Waals surface area contributed by atoms with Crippen LogP contribution < -0.4 is 5.73 Å². The molecule has 2 N–H and O–H groups in total. The predicted molar refractivity (Wildman–Crippen MR) is 85.7 cm³/mol. The van der Waals surface area contributed by atoms with Crippen LogP contribution in [-0.2, 0) is 6.54 Å². The molecule has 21 heavy (non-hydrogen) atoms. The van der Waals surface area contributed by atoms with Crippen LogP contribution in [0.3, 0.4) is 0 Å². The lowest BCUT2D eigenvalue weighted by atomic mass is 10.2. The zero-order valence-corrected chi connectivity index (χ0v) is 13.3. The van der Waals surface area contributed by atoms with Crippen molar-refractivity contribution in [1.29, 1.82) is 0 Å². The van der Waals surface area contributed by atoms with Crippen molar-refractivity contribution in [3.63, 3.8) is 0 Å². The molecule has 0 aliphatic heterocycles. The van der Waals surface area contributed by atoms with E-state index in [0.717, 1.165) is 21.5 Å². The standard InChI is InChI=1S/C15H11BrFN3S/c16-13-9(7-18)5-6-12(14(13)17)21-15-10-3-1-2-4-11(10)19-8-20-15/h1-6,8H,7,18H2. The van der Waals surface area contributed by atoms with Crippen molar-refractivity contribution in [3.8, 4) is 0 Å². The molecule has 0 unspecified atom stereocenters. The first-order chi connectivity index (χ1) is 10.2. The highest BCUT2D eigenvalue weighted by Crippen LogP contribution is 2.35. The Morgan fingerprint density at radius 2 is 1.95 bits per heavy atom. The number of fused-ring (bicyclic) bond motifs is 1. The average molecular weight is 364 g/mol. The third-order valence-corrected chi connectivity index (χ3v) is 4.97. The fourth-order valence-electron chi connectivity index (χ4n) is 1.97. The second-order valence-corrected chi connectivity index (χ2v) is 6.18. The Morgan fingerprint density at radius 1 is 1.14 bits per heavy atom. The van der Waals surface area contributed by atoms with E-state index >= 15 is 0 Å². The Bertz CT molecular complexity index is 805. The van der Waals surface area contributed by atoms with Gasteiger partial charge in [-0.25, -0.2) is 14.4 Å². The number of para-hydroxylation sites is 1. The van der Waals surface area contributed by atoms with Crippen molar-refractivity contribution >= 4 is 38.6 Å². The second kappa shape index (κ2) is 6.09. The minimum Gasteiger partial charge on any atom is -0.326 e. The summed E-state index contributed by atoms with van der Waals surface area (Å²) in [4.78, 5) is 8.97. The van der Waals surface area contributed by atoms with Crippen LogP contribution in [0, 0.1) is 5.82 Å². The minimum absolute atomic E-state index is 0.291. The third kappa shape index (κ3) is 2.79. The zero-order chi connectivity index (χ0) is 14.8. The lowest BCUT2D eigenvalue weighted by Crippen LogP contribution is -1.99. The molecule has 0 atom stereocenters. The molecule has 0 spiro atoms. The van der Waals surface area contributed by atoms with Crippen LogP contribution in [0.1, 0.15) is 5.56 Å². The average Bonchev–Trinajstić information content (AvgIpc) is 2.52. The van der Waals surface area contributed by atoms with Gasteiger partial charge in [0.15, 0.2) is 5.82 Å². The first kappa shape index (κ1) is 14.4. The maximum atomic E-state index is 14.4. The van der Waals surface area contributed by atoms with E-state index in [1.165, 1.54) is 18.1 Å². The molecule has 0 radical (unpaired) electrons. The monoisotopic (exact) mass is 363 g/mol. The van der Waals surface area contributed by atoms with Crippen LogP contribution in [-0.4, -0.2) is 9.97 Å². The van der Waals surface area contributed by atoms with Gasteiger partial charge in [0.05, 0.1) is 14.9 Å². The van der Waals surface area contributed by atoms with E-state index in [1.807, 2.05) is 30.3 Å². The lowest BCUT2D eigenvalue weighted by molar-refractivity contribution is 0.592. The molecule has 106 valence electrons. The van der Waals surface area contributed by atoms with Gasteiger partial charge in [-0.1, -0.05) is 36.0 Å². The second-order valence-electron chi connectivity index (χ2n) is 4.35. The summed E-state index contributed by atoms with van der Waals surface area (Å²) in [7, 11) is 0. The van der Waals surface area contributed by atoms with E-state index in [-0.39, 0.29) is 5.82 Å². The van der Waals surface area contributed by atoms with E-state index < -0.39 is 0 Å². The van der Waals surface area contributed by atoms with Crippen molar-refractivity contribution in [2.24, 2.45) is 5.73 Å². The zero-order valence-electron chi connectivity index (χ0n) is 10.9. The highest BCUT2D eigenvalue weighted by atomic mass is 79.9. The first-order valence-electron chi connectivity index (χ1n) is 6.25. The molecule has 3 aromatic rings. The molecule has 1 aromatic heterocycles. The van der Waals surface area contributed by atoms with Crippen LogP contribution in [0.15, 0.2) is 57.1 Å². The summed E-state index contributed by atoms with van der Waals surface area (Å²) in [5.41, 5.74) is 7.15. The van der Waals surface area contributed by atoms with Gasteiger partial charge >= 0.3 is 0 Å². The number of benzene rings is 2. The fraction of sp³-hybridized carbons (Fsp3) is 0.0667. The molecule has 2 aromatic carbocycles. The smallest absolute Gasteiger partial charge is 0.151 e. The quantitative estimate of drug-likeness (QED) is 0.710. The van der Waals surface area contributed by atoms with Gasteiger partial charge in [0, 0.05) is 11.9 Å². The maximum absolute atomic E-state index is 14.4. The van der Waals surface area contributed by atoms with Crippen LogP contribution in [0.25, 0.3) is 10.9 Å². The van der Waals surface area contributed by atoms with Gasteiger partial charge in [-0.15, -0.1) is 0 Å². The summed E-state index contributed by atoms with van der Waals surface area (Å²) in [5.74, 6) is -0.314. The summed E-state index contributed by atoms with van der Waals surface area (Å²) < 4.78 is 14.8. The number of nitrogens with zero attached hydrogens (tertiary/aromatic N) is 2. The molecule has 0 aliphatic rings. The van der Waals surface area contributed by atoms with Gasteiger partial charge in [-0.05, 0) is 33.6 Å². The molecule has 0 saturated heterocycles. The first-order valence-corrected chi connectivity index (χ1v) is 7.86. The number of nitrogens with two attached hydrogens (primary N) is 1. The van der Waals surface area contributed by atoms with Gasteiger partial charge in [0.1, 0.15) is 11.4 Å². The van der Waals surface area contributed by atoms with E-state index in [4.69, 9.17) is 5.73 Å². The molecule has 0 saturated carbocycles. The highest BCUT2D eigenvalue weighted by Gasteiger charge is 2.13. The summed E-state index contributed by atoms with van der Waals surface area (Å²) in [6.45, 7) is 0.291. The summed E-state index contributed by atoms with van der Waals surface area (Å²) in [5, 5.41) is 1.63. The van der Waals surface area contributed by atoms with Gasteiger partial charge in [0.25, 0.3) is 0 Å². The summed E-state index contributed by atoms with van der Waals surface area (Å²) in [6, 6.07) is 11.2. The number of rotatable bonds is 3. The highest BCUT2D eigenvalue weighted by molar-refractivity contribution is 9.10. The van der Waals surface area contributed by atoms with Crippen LogP contribution in [0.4, 0.5) is 4.39 Å². The SMILES string of the molecule is NCc1ccc(Sc2ncnc3ccccc23)c(F)c1Br. The van der Waals surface area contributed by atoms with Gasteiger partial charge in [-0.3, -0.25) is 0 Å². The van der Waals surface area contributed by atoms with Crippen LogP contribution in [0.2, 0.25) is 0 Å². The molecule has 0 bridgehead atoms. The number of halogens is 2. The largest absolute Gasteiger partial charge is 0.326 e. The summed E-state index contributed by atoms with van der Waals surface area (Å²) in [6.07, 6.45) is 1.49. The molecular weight excluding hydrogens is 353 g/mol. The van der Waals surface area contributed by atoms with Crippen molar-refractivity contribution < 1.29 is 4.39 Å². The molecule has 0 fully saturated rings. The minimum atomic E-state index is -0.314. The Hall–Kier alpha value is -1.50. The van der Waals surface area contributed by atoms with E-state index in [0.29, 0.717) is 15.9 Å². The Balaban J connectivity index is 2.05. The Kier molecular flexibility index (Phi) is 4.19. The lowest BCUT2D eigenvalue weighted by Gasteiger charge is -2.09. The van der Waals surface area contributed by atoms with Crippen molar-refractivity contribution in [2.45, 2.75) is 16.5 Å². The fourth-order valence-corrected chi connectivity index (χ4v) is 3.53. The van der Waals surface area contributed by atoms with E-state index in [9.17, 15) is 4.39 Å². The predicted octanol–water partition coefficient (Wildman–Crippen LogP) is 4.14. The number of hydrogen-bond donors (Lipinski definition) is 1. The van der Waals surface area contributed by atoms with Gasteiger partial charge < -0.3 is 5.73 Å². The topological polar surface area (TPSA) is 51.8 Å². The van der Waals surface area contributed by atoms with Gasteiger partial charge in [-0.2, -0.15) is 0 Å². The molecule has 1 heterocycles. The molecule has 6 heteroatoms. The van der Waals surface area contributed by atoms with Gasteiger partial charge in [0.2, 0.25) is 0 Å². The van der Waals surface area contributed by atoms with E-state index in [1.54, 1.807) is 6.07 Å². The number of aromatic nitrogens is 2. The molecule has 0 amide bonds. The molecular formula is C15H11BrFN3S. The molecule has 3 rings (SSSR count).